The van der Waals surface area contributed by atoms with Gasteiger partial charge in [0.05, 0.1) is 62.3 Å². The van der Waals surface area contributed by atoms with Gasteiger partial charge in [-0.15, -0.1) is 0 Å². The summed E-state index contributed by atoms with van der Waals surface area (Å²) in [4.78, 5) is 8.19. The number of halogens is 12. The average Bonchev–Trinajstić information content (AvgIpc) is 2.28. The topological polar surface area (TPSA) is 27.1 Å². The fourth-order valence-corrected chi connectivity index (χ4v) is 11.6. The quantitative estimate of drug-likeness (QED) is 0.115. The van der Waals surface area contributed by atoms with Crippen LogP contribution in [0.25, 0.3) is 115 Å². The Morgan fingerprint density at radius 2 is 0.702 bits per heavy atom. The molecule has 0 radical (unpaired) electrons. The number of hydrogen-bond donors (Lipinski definition) is 0. The van der Waals surface area contributed by atoms with Crippen molar-refractivity contribution in [2.24, 2.45) is 0 Å². The van der Waals surface area contributed by atoms with Gasteiger partial charge in [0.25, 0.3) is 0 Å². The third-order valence-electron chi connectivity index (χ3n) is 15.5. The van der Waals surface area contributed by atoms with Crippen LogP contribution in [-0.4, -0.2) is 14.1 Å². The summed E-state index contributed by atoms with van der Waals surface area (Å²) in [5.74, 6) is 0. The molecule has 0 saturated heterocycles. The van der Waals surface area contributed by atoms with Crippen molar-refractivity contribution < 1.29 is 52.7 Å². The second kappa shape index (κ2) is 19.8. The van der Waals surface area contributed by atoms with Crippen LogP contribution in [0.4, 0.5) is 58.4 Å². The molecule has 0 saturated carbocycles. The lowest BCUT2D eigenvalue weighted by Gasteiger charge is -2.21. The summed E-state index contributed by atoms with van der Waals surface area (Å²) < 4.78 is 181. The van der Waals surface area contributed by atoms with Crippen molar-refractivity contribution in [3.05, 3.63) is 238 Å². The summed E-state index contributed by atoms with van der Waals surface area (Å²) in [5, 5.41) is 1.97. The third-order valence-corrected chi connectivity index (χ3v) is 15.5. The predicted molar refractivity (Wildman–Crippen MR) is 305 cm³/mol. The smallest absolute Gasteiger partial charge is 0.308 e. The summed E-state index contributed by atoms with van der Waals surface area (Å²) in [6.07, 6.45) is -16.1. The number of aromatic nitrogens is 3. The molecule has 16 heteroatoms. The molecule has 0 bridgehead atoms. The standard InChI is InChI=1S/C68H42F12N4/c1-36-6-14-47(55(26-36)66(72,73)74)42-10-18-51-52-19-11-43(48-15-7-37(2)27-56(48)67(75,76)77)32-61(52)83(60(51)31-42)63-34-54(40-22-24-82-25-23-40)58(81-5)35-64(63)84-59-30-41(46-21-13-45(29-39(46)4)65(69,70)71)9-17-50(59)53-20-12-44(33-62(53)84)49-16-8-38(3)28-57(49)68(78,79)80/h6-35H,1-4H3. The molecule has 0 spiro atoms. The van der Waals surface area contributed by atoms with E-state index < -0.39 is 47.0 Å². The lowest BCUT2D eigenvalue weighted by Crippen LogP contribution is -2.08. The molecule has 0 atom stereocenters. The molecule has 3 heterocycles. The molecule has 0 aliphatic carbocycles. The third kappa shape index (κ3) is 9.56. The van der Waals surface area contributed by atoms with Crippen molar-refractivity contribution in [2.45, 2.75) is 52.4 Å². The summed E-state index contributed by atoms with van der Waals surface area (Å²) in [6.45, 7) is 14.8. The molecule has 0 N–H and O–H groups in total. The molecule has 0 fully saturated rings. The Bertz CT molecular complexity index is 4600. The van der Waals surface area contributed by atoms with Gasteiger partial charge in [0.2, 0.25) is 0 Å². The van der Waals surface area contributed by atoms with Gasteiger partial charge in [-0.3, -0.25) is 4.98 Å². The highest BCUT2D eigenvalue weighted by molar-refractivity contribution is 6.14. The molecule has 12 rings (SSSR count). The Hall–Kier alpha value is -9.62. The molecule has 12 aromatic rings. The van der Waals surface area contributed by atoms with Crippen LogP contribution in [0.3, 0.4) is 0 Å². The van der Waals surface area contributed by atoms with Crippen molar-refractivity contribution >= 4 is 49.3 Å². The molecular formula is C68H42F12N4. The molecule has 0 amide bonds. The first-order chi connectivity index (χ1) is 39.8. The van der Waals surface area contributed by atoms with Crippen molar-refractivity contribution in [3.8, 4) is 67.0 Å². The van der Waals surface area contributed by atoms with Gasteiger partial charge in [-0.1, -0.05) is 108 Å². The van der Waals surface area contributed by atoms with E-state index in [-0.39, 0.29) is 67.0 Å². The Labute approximate surface area is 471 Å². The van der Waals surface area contributed by atoms with E-state index in [4.69, 9.17) is 6.57 Å². The second-order valence-electron chi connectivity index (χ2n) is 21.0. The zero-order valence-electron chi connectivity index (χ0n) is 44.6. The monoisotopic (exact) mass is 1140 g/mol. The van der Waals surface area contributed by atoms with Gasteiger partial charge in [-0.25, -0.2) is 4.85 Å². The lowest BCUT2D eigenvalue weighted by atomic mass is 9.95. The van der Waals surface area contributed by atoms with Gasteiger partial charge in [0, 0.05) is 33.9 Å². The predicted octanol–water partition coefficient (Wildman–Crippen LogP) is 21.5. The van der Waals surface area contributed by atoms with Crippen molar-refractivity contribution in [2.75, 3.05) is 0 Å². The minimum absolute atomic E-state index is 0.0600. The van der Waals surface area contributed by atoms with Crippen molar-refractivity contribution in [1.82, 2.24) is 14.1 Å². The van der Waals surface area contributed by atoms with Crippen LogP contribution in [0.15, 0.2) is 182 Å². The zero-order valence-corrected chi connectivity index (χ0v) is 44.6. The molecule has 4 nitrogen and oxygen atoms in total. The van der Waals surface area contributed by atoms with E-state index in [9.17, 15) is 13.2 Å². The number of hydrogen-bond acceptors (Lipinski definition) is 1. The van der Waals surface area contributed by atoms with Crippen LogP contribution in [0.1, 0.15) is 44.5 Å². The number of alkyl halides is 12. The number of rotatable bonds is 7. The first kappa shape index (κ1) is 54.9. The van der Waals surface area contributed by atoms with Crippen molar-refractivity contribution in [1.29, 1.82) is 0 Å². The van der Waals surface area contributed by atoms with Crippen LogP contribution in [0, 0.1) is 34.3 Å². The first-order valence-corrected chi connectivity index (χ1v) is 26.1. The van der Waals surface area contributed by atoms with Crippen LogP contribution in [0.2, 0.25) is 0 Å². The number of fused-ring (bicyclic) bond motifs is 6. The highest BCUT2D eigenvalue weighted by atomic mass is 19.4. The maximum absolute atomic E-state index is 15.1. The van der Waals surface area contributed by atoms with Gasteiger partial charge >= 0.3 is 24.7 Å². The van der Waals surface area contributed by atoms with Crippen LogP contribution >= 0.6 is 0 Å². The fourth-order valence-electron chi connectivity index (χ4n) is 11.6. The number of benzene rings is 9. The molecular weight excluding hydrogens is 1100 g/mol. The van der Waals surface area contributed by atoms with E-state index in [0.717, 1.165) is 30.3 Å². The van der Waals surface area contributed by atoms with Crippen LogP contribution in [-0.2, 0) is 24.7 Å². The molecule has 0 aliphatic heterocycles. The van der Waals surface area contributed by atoms with Gasteiger partial charge < -0.3 is 9.13 Å². The number of aryl methyl sites for hydroxylation is 4. The highest BCUT2D eigenvalue weighted by Crippen LogP contribution is 2.49. The van der Waals surface area contributed by atoms with E-state index >= 15 is 39.5 Å². The maximum Gasteiger partial charge on any atom is 0.417 e. The Morgan fingerprint density at radius 1 is 0.345 bits per heavy atom. The van der Waals surface area contributed by atoms with E-state index in [1.54, 1.807) is 112 Å². The summed E-state index contributed by atoms with van der Waals surface area (Å²) >= 11 is 0. The van der Waals surface area contributed by atoms with E-state index in [1.165, 1.54) is 76.5 Å². The Kier molecular flexibility index (Phi) is 12.9. The SMILES string of the molecule is [C-]#[N+]c1cc(-n2c3cc(-c4ccc(C(F)(F)F)cc4C)ccc3c3ccc(-c4ccc(C)cc4C(F)(F)F)cc32)c(-n2c3cc(-c4ccc(C)cc4C(F)(F)F)ccc3c3ccc(-c4ccc(C)cc4C(F)(F)F)cc32)cc1-c1ccncc1. The first-order valence-electron chi connectivity index (χ1n) is 26.1. The van der Waals surface area contributed by atoms with E-state index in [2.05, 4.69) is 9.83 Å². The van der Waals surface area contributed by atoms with Gasteiger partial charge in [0.1, 0.15) is 0 Å². The van der Waals surface area contributed by atoms with E-state index in [0.29, 0.717) is 71.5 Å². The lowest BCUT2D eigenvalue weighted by molar-refractivity contribution is -0.138. The Balaban J connectivity index is 1.27. The zero-order chi connectivity index (χ0) is 59.5. The summed E-state index contributed by atoms with van der Waals surface area (Å²) in [6, 6.07) is 41.2. The average molecular weight is 1140 g/mol. The van der Waals surface area contributed by atoms with Gasteiger partial charge in [0.15, 0.2) is 5.69 Å². The molecule has 0 aliphatic rings. The van der Waals surface area contributed by atoms with Gasteiger partial charge in [-0.2, -0.15) is 52.7 Å². The second-order valence-corrected chi connectivity index (χ2v) is 21.0. The normalized spacial score (nSPS) is 12.5. The molecule has 0 unspecified atom stereocenters. The maximum atomic E-state index is 15.1. The molecule has 84 heavy (non-hydrogen) atoms. The molecule has 9 aromatic carbocycles. The summed E-state index contributed by atoms with van der Waals surface area (Å²) in [5.41, 5.74) is 0.975. The van der Waals surface area contributed by atoms with E-state index in [1.807, 2.05) is 0 Å². The number of nitrogens with zero attached hydrogens (tertiary/aromatic N) is 4. The van der Waals surface area contributed by atoms with Gasteiger partial charge in [-0.05, 0) is 168 Å². The Morgan fingerprint density at radius 3 is 1.05 bits per heavy atom. The minimum Gasteiger partial charge on any atom is -0.308 e. The summed E-state index contributed by atoms with van der Waals surface area (Å²) in [7, 11) is 0. The molecule has 3 aromatic heterocycles. The van der Waals surface area contributed by atoms with Crippen LogP contribution in [0.5, 0.6) is 0 Å². The van der Waals surface area contributed by atoms with Crippen LogP contribution < -0.4 is 0 Å². The minimum atomic E-state index is -4.81. The number of pyridine rings is 1. The highest BCUT2D eigenvalue weighted by Gasteiger charge is 2.37. The fraction of sp³-hybridized carbons (Fsp3) is 0.118. The van der Waals surface area contributed by atoms with Crippen molar-refractivity contribution in [3.63, 3.8) is 0 Å². The molecule has 418 valence electrons. The largest absolute Gasteiger partial charge is 0.417 e.